The van der Waals surface area contributed by atoms with Gasteiger partial charge >= 0.3 is 5.97 Å². The van der Waals surface area contributed by atoms with E-state index < -0.39 is 5.97 Å². The van der Waals surface area contributed by atoms with E-state index in [0.29, 0.717) is 23.6 Å². The number of anilines is 1. The second-order valence-corrected chi connectivity index (χ2v) is 5.14. The number of hydrogen-bond acceptors (Lipinski definition) is 6. The minimum atomic E-state index is -0.413. The van der Waals surface area contributed by atoms with E-state index in [-0.39, 0.29) is 0 Å². The Morgan fingerprint density at radius 2 is 2.25 bits per heavy atom. The van der Waals surface area contributed by atoms with Gasteiger partial charge in [-0.2, -0.15) is 0 Å². The predicted molar refractivity (Wildman–Crippen MR) is 78.2 cm³/mol. The number of nitrogen functional groups attached to an aromatic ring is 1. The van der Waals surface area contributed by atoms with Gasteiger partial charge in [0.05, 0.1) is 36.2 Å². The van der Waals surface area contributed by atoms with Crippen LogP contribution in [-0.4, -0.2) is 24.7 Å². The first-order valence-corrected chi connectivity index (χ1v) is 6.99. The van der Waals surface area contributed by atoms with Crippen LogP contribution in [-0.2, 0) is 11.2 Å². The lowest BCUT2D eigenvalue weighted by Gasteiger charge is -2.09. The molecule has 0 unspecified atom stereocenters. The van der Waals surface area contributed by atoms with Gasteiger partial charge in [0.2, 0.25) is 0 Å². The quantitative estimate of drug-likeness (QED) is 0.676. The maximum Gasteiger partial charge on any atom is 0.337 e. The number of carbonyl (C=O) groups is 1. The highest BCUT2D eigenvalue weighted by Crippen LogP contribution is 2.23. The van der Waals surface area contributed by atoms with Crippen molar-refractivity contribution in [3.8, 4) is 5.75 Å². The van der Waals surface area contributed by atoms with Gasteiger partial charge in [0.25, 0.3) is 0 Å². The van der Waals surface area contributed by atoms with Crippen molar-refractivity contribution < 1.29 is 14.3 Å². The van der Waals surface area contributed by atoms with Crippen LogP contribution in [0.1, 0.15) is 20.9 Å². The summed E-state index contributed by atoms with van der Waals surface area (Å²) in [6.07, 6.45) is 0.786. The van der Waals surface area contributed by atoms with Crippen LogP contribution in [0.5, 0.6) is 5.75 Å². The molecule has 0 saturated heterocycles. The lowest BCUT2D eigenvalue weighted by molar-refractivity contribution is 0.0601. The summed E-state index contributed by atoms with van der Waals surface area (Å²) in [4.78, 5) is 16.8. The summed E-state index contributed by atoms with van der Waals surface area (Å²) in [5, 5.41) is 0. The first-order valence-electron chi connectivity index (χ1n) is 6.11. The molecule has 2 aromatic rings. The van der Waals surface area contributed by atoms with Crippen LogP contribution >= 0.6 is 11.3 Å². The van der Waals surface area contributed by atoms with Gasteiger partial charge in [-0.05, 0) is 25.1 Å². The van der Waals surface area contributed by atoms with Gasteiger partial charge in [-0.1, -0.05) is 0 Å². The fourth-order valence-electron chi connectivity index (χ4n) is 1.74. The van der Waals surface area contributed by atoms with E-state index in [9.17, 15) is 4.79 Å². The van der Waals surface area contributed by atoms with Crippen LogP contribution < -0.4 is 10.5 Å². The van der Waals surface area contributed by atoms with Crippen molar-refractivity contribution in [3.05, 3.63) is 39.8 Å². The van der Waals surface area contributed by atoms with Crippen LogP contribution in [0.3, 0.4) is 0 Å². The first kappa shape index (κ1) is 14.3. The molecule has 0 saturated carbocycles. The predicted octanol–water partition coefficient (Wildman–Crippen LogP) is 2.44. The summed E-state index contributed by atoms with van der Waals surface area (Å²) < 4.78 is 10.3. The zero-order chi connectivity index (χ0) is 14.5. The maximum atomic E-state index is 11.4. The van der Waals surface area contributed by atoms with E-state index in [1.807, 2.05) is 12.4 Å². The van der Waals surface area contributed by atoms with Gasteiger partial charge in [0.15, 0.2) is 0 Å². The molecule has 0 bridgehead atoms. The minimum Gasteiger partial charge on any atom is -0.491 e. The number of rotatable bonds is 5. The molecule has 6 heteroatoms. The van der Waals surface area contributed by atoms with Crippen LogP contribution in [0, 0.1) is 6.92 Å². The molecule has 0 atom stereocenters. The third-order valence-corrected chi connectivity index (χ3v) is 3.86. The number of methoxy groups -OCH3 is 1. The maximum absolute atomic E-state index is 11.4. The van der Waals surface area contributed by atoms with Crippen molar-refractivity contribution in [1.29, 1.82) is 0 Å². The van der Waals surface area contributed by atoms with Gasteiger partial charge in [0, 0.05) is 11.3 Å². The molecule has 2 N–H and O–H groups in total. The lowest BCUT2D eigenvalue weighted by Crippen LogP contribution is -2.06. The second-order valence-electron chi connectivity index (χ2n) is 4.20. The number of ether oxygens (including phenoxy) is 2. The van der Waals surface area contributed by atoms with Gasteiger partial charge in [-0.15, -0.1) is 11.3 Å². The molecule has 0 aliphatic heterocycles. The number of benzene rings is 1. The van der Waals surface area contributed by atoms with Crippen molar-refractivity contribution >= 4 is 23.0 Å². The third-order valence-electron chi connectivity index (χ3n) is 2.86. The molecular weight excluding hydrogens is 276 g/mol. The SMILES string of the molecule is COC(=O)c1ccc(OCCc2scnc2C)c(N)c1. The smallest absolute Gasteiger partial charge is 0.337 e. The molecule has 1 aromatic heterocycles. The summed E-state index contributed by atoms with van der Waals surface area (Å²) in [5.41, 5.74) is 9.56. The van der Waals surface area contributed by atoms with Crippen molar-refractivity contribution in [2.24, 2.45) is 0 Å². The average Bonchev–Trinajstić information content (AvgIpc) is 2.85. The van der Waals surface area contributed by atoms with E-state index >= 15 is 0 Å². The highest BCUT2D eigenvalue weighted by Gasteiger charge is 2.09. The van der Waals surface area contributed by atoms with Crippen LogP contribution in [0.25, 0.3) is 0 Å². The van der Waals surface area contributed by atoms with E-state index in [2.05, 4.69) is 9.72 Å². The Bertz CT molecular complexity index is 610. The molecule has 0 aliphatic carbocycles. The first-order chi connectivity index (χ1) is 9.61. The van der Waals surface area contributed by atoms with Crippen LogP contribution in [0.2, 0.25) is 0 Å². The lowest BCUT2D eigenvalue weighted by atomic mass is 10.2. The zero-order valence-corrected chi connectivity index (χ0v) is 12.2. The molecule has 0 amide bonds. The van der Waals surface area contributed by atoms with Crippen molar-refractivity contribution in [2.45, 2.75) is 13.3 Å². The number of aromatic nitrogens is 1. The summed E-state index contributed by atoms with van der Waals surface area (Å²) in [6.45, 7) is 2.50. The van der Waals surface area contributed by atoms with Crippen molar-refractivity contribution in [3.63, 3.8) is 0 Å². The van der Waals surface area contributed by atoms with Crippen molar-refractivity contribution in [2.75, 3.05) is 19.5 Å². The van der Waals surface area contributed by atoms with Crippen LogP contribution in [0.4, 0.5) is 5.69 Å². The van der Waals surface area contributed by atoms with Gasteiger partial charge in [-0.25, -0.2) is 9.78 Å². The highest BCUT2D eigenvalue weighted by atomic mass is 32.1. The Labute approximate surface area is 121 Å². The van der Waals surface area contributed by atoms with E-state index in [4.69, 9.17) is 10.5 Å². The number of esters is 1. The fourth-order valence-corrected chi connectivity index (χ4v) is 2.51. The molecular formula is C14H16N2O3S. The number of thiazole rings is 1. The molecule has 2 rings (SSSR count). The number of nitrogens with zero attached hydrogens (tertiary/aromatic N) is 1. The van der Waals surface area contributed by atoms with Gasteiger partial charge in [0.1, 0.15) is 5.75 Å². The van der Waals surface area contributed by atoms with Gasteiger partial charge in [-0.3, -0.25) is 0 Å². The Morgan fingerprint density at radius 1 is 1.45 bits per heavy atom. The number of hydrogen-bond donors (Lipinski definition) is 1. The summed E-state index contributed by atoms with van der Waals surface area (Å²) >= 11 is 1.61. The molecule has 0 aliphatic rings. The number of carbonyl (C=O) groups excluding carboxylic acids is 1. The van der Waals surface area contributed by atoms with E-state index in [1.165, 1.54) is 12.0 Å². The topological polar surface area (TPSA) is 74.4 Å². The monoisotopic (exact) mass is 292 g/mol. The molecule has 106 valence electrons. The fraction of sp³-hybridized carbons (Fsp3) is 0.286. The Kier molecular flexibility index (Phi) is 4.57. The largest absolute Gasteiger partial charge is 0.491 e. The highest BCUT2D eigenvalue weighted by molar-refractivity contribution is 7.09. The average molecular weight is 292 g/mol. The van der Waals surface area contributed by atoms with E-state index in [0.717, 1.165) is 12.1 Å². The Balaban J connectivity index is 1.96. The summed E-state index contributed by atoms with van der Waals surface area (Å²) in [5.74, 6) is 0.156. The molecule has 5 nitrogen and oxygen atoms in total. The zero-order valence-electron chi connectivity index (χ0n) is 11.4. The molecule has 0 spiro atoms. The Morgan fingerprint density at radius 3 is 2.85 bits per heavy atom. The van der Waals surface area contributed by atoms with E-state index in [1.54, 1.807) is 29.5 Å². The van der Waals surface area contributed by atoms with Crippen LogP contribution in [0.15, 0.2) is 23.7 Å². The molecule has 0 radical (unpaired) electrons. The molecule has 20 heavy (non-hydrogen) atoms. The number of aryl methyl sites for hydroxylation is 1. The standard InChI is InChI=1S/C14H16N2O3S/c1-9-13(20-8-16-9)5-6-19-12-4-3-10(7-11(12)15)14(17)18-2/h3-4,7-8H,5-6,15H2,1-2H3. The summed E-state index contributed by atoms with van der Waals surface area (Å²) in [6, 6.07) is 4.87. The third kappa shape index (κ3) is 3.27. The normalized spacial score (nSPS) is 10.3. The summed E-state index contributed by atoms with van der Waals surface area (Å²) in [7, 11) is 1.33. The molecule has 1 aromatic carbocycles. The Hall–Kier alpha value is -2.08. The van der Waals surface area contributed by atoms with Crippen molar-refractivity contribution in [1.82, 2.24) is 4.98 Å². The second kappa shape index (κ2) is 6.38. The molecule has 0 fully saturated rings. The number of nitrogens with two attached hydrogens (primary N) is 1. The van der Waals surface area contributed by atoms with Gasteiger partial charge < -0.3 is 15.2 Å². The molecule has 1 heterocycles. The minimum absolute atomic E-state index is 0.413.